The fourth-order valence-corrected chi connectivity index (χ4v) is 5.66. The molecule has 0 bridgehead atoms. The zero-order valence-electron chi connectivity index (χ0n) is 19.0. The highest BCUT2D eigenvalue weighted by Gasteiger charge is 2.35. The molecule has 5 nitrogen and oxygen atoms in total. The van der Waals surface area contributed by atoms with Gasteiger partial charge in [0.2, 0.25) is 5.91 Å². The molecule has 2 atom stereocenters. The van der Waals surface area contributed by atoms with Crippen molar-refractivity contribution in [1.29, 1.82) is 0 Å². The molecule has 1 aliphatic carbocycles. The lowest BCUT2D eigenvalue weighted by Crippen LogP contribution is -2.51. The summed E-state index contributed by atoms with van der Waals surface area (Å²) < 4.78 is 6.55. The Kier molecular flexibility index (Phi) is 7.85. The number of carbonyl (C=O) groups excluding carboxylic acids is 2. The Bertz CT molecular complexity index is 898. The number of thiophene rings is 1. The van der Waals surface area contributed by atoms with Crippen LogP contribution in [-0.2, 0) is 11.2 Å². The molecule has 1 aromatic carbocycles. The molecule has 32 heavy (non-hydrogen) atoms. The monoisotopic (exact) mass is 454 g/mol. The van der Waals surface area contributed by atoms with Crippen molar-refractivity contribution in [2.24, 2.45) is 0 Å². The molecule has 2 heterocycles. The minimum Gasteiger partial charge on any atom is -0.487 e. The van der Waals surface area contributed by atoms with Crippen LogP contribution in [0.3, 0.4) is 0 Å². The predicted molar refractivity (Wildman–Crippen MR) is 128 cm³/mol. The van der Waals surface area contributed by atoms with Gasteiger partial charge in [-0.25, -0.2) is 0 Å². The summed E-state index contributed by atoms with van der Waals surface area (Å²) in [6, 6.07) is 11.7. The van der Waals surface area contributed by atoms with E-state index in [1.54, 1.807) is 11.3 Å². The molecule has 1 aliphatic heterocycles. The highest BCUT2D eigenvalue weighted by atomic mass is 32.1. The summed E-state index contributed by atoms with van der Waals surface area (Å²) in [6.07, 6.45) is 7.16. The van der Waals surface area contributed by atoms with Gasteiger partial charge in [-0.2, -0.15) is 0 Å². The largest absolute Gasteiger partial charge is 0.487 e. The number of fused-ring (bicyclic) bond motifs is 2. The summed E-state index contributed by atoms with van der Waals surface area (Å²) in [6.45, 7) is 4.27. The molecule has 172 valence electrons. The van der Waals surface area contributed by atoms with E-state index in [0.717, 1.165) is 62.9 Å². The maximum Gasteiger partial charge on any atom is 0.257 e. The first kappa shape index (κ1) is 22.8. The SMILES string of the molecule is CCCN1CCCCN(C(=O)Cc2cccs2)[C@@H]2CCCC[C@@H]2Oc2ccccc2C1=O. The first-order valence-corrected chi connectivity index (χ1v) is 12.9. The van der Waals surface area contributed by atoms with Gasteiger partial charge < -0.3 is 14.5 Å². The number of hydrogen-bond donors (Lipinski definition) is 0. The van der Waals surface area contributed by atoms with Crippen LogP contribution in [0.15, 0.2) is 41.8 Å². The molecule has 0 radical (unpaired) electrons. The van der Waals surface area contributed by atoms with Crippen molar-refractivity contribution in [1.82, 2.24) is 9.80 Å². The lowest BCUT2D eigenvalue weighted by Gasteiger charge is -2.40. The maximum absolute atomic E-state index is 13.4. The molecular formula is C26H34N2O3S. The first-order chi connectivity index (χ1) is 15.7. The molecule has 1 aromatic heterocycles. The Balaban J connectivity index is 1.64. The lowest BCUT2D eigenvalue weighted by atomic mass is 9.90. The van der Waals surface area contributed by atoms with E-state index in [4.69, 9.17) is 4.74 Å². The Labute approximate surface area is 195 Å². The number of benzene rings is 1. The highest BCUT2D eigenvalue weighted by Crippen LogP contribution is 2.31. The maximum atomic E-state index is 13.4. The molecule has 6 heteroatoms. The molecule has 4 rings (SSSR count). The summed E-state index contributed by atoms with van der Waals surface area (Å²) in [4.78, 5) is 31.9. The van der Waals surface area contributed by atoms with Gasteiger partial charge in [0.05, 0.1) is 18.0 Å². The summed E-state index contributed by atoms with van der Waals surface area (Å²) in [5.41, 5.74) is 0.641. The van der Waals surface area contributed by atoms with E-state index < -0.39 is 0 Å². The number of ether oxygens (including phenoxy) is 1. The topological polar surface area (TPSA) is 49.9 Å². The highest BCUT2D eigenvalue weighted by molar-refractivity contribution is 7.10. The van der Waals surface area contributed by atoms with E-state index in [2.05, 4.69) is 11.8 Å². The van der Waals surface area contributed by atoms with Gasteiger partial charge in [-0.05, 0) is 62.1 Å². The van der Waals surface area contributed by atoms with Gasteiger partial charge in [0, 0.05) is 24.5 Å². The van der Waals surface area contributed by atoms with E-state index in [9.17, 15) is 9.59 Å². The smallest absolute Gasteiger partial charge is 0.257 e. The molecule has 1 saturated carbocycles. The van der Waals surface area contributed by atoms with Gasteiger partial charge in [-0.15, -0.1) is 11.3 Å². The Morgan fingerprint density at radius 2 is 1.88 bits per heavy atom. The van der Waals surface area contributed by atoms with Crippen LogP contribution < -0.4 is 4.74 Å². The molecule has 0 saturated heterocycles. The summed E-state index contributed by atoms with van der Waals surface area (Å²) in [5.74, 6) is 0.905. The van der Waals surface area contributed by atoms with Crippen LogP contribution >= 0.6 is 11.3 Å². The normalized spacial score (nSPS) is 22.2. The number of carbonyl (C=O) groups is 2. The van der Waals surface area contributed by atoms with E-state index in [0.29, 0.717) is 24.3 Å². The van der Waals surface area contributed by atoms with E-state index in [1.807, 2.05) is 46.7 Å². The third-order valence-corrected chi connectivity index (χ3v) is 7.42. The minimum atomic E-state index is -0.0796. The average molecular weight is 455 g/mol. The summed E-state index contributed by atoms with van der Waals surface area (Å²) in [7, 11) is 0. The van der Waals surface area contributed by atoms with Crippen LogP contribution in [-0.4, -0.2) is 53.4 Å². The second kappa shape index (κ2) is 11.0. The van der Waals surface area contributed by atoms with Gasteiger partial charge in [0.25, 0.3) is 5.91 Å². The van der Waals surface area contributed by atoms with Crippen molar-refractivity contribution >= 4 is 23.2 Å². The van der Waals surface area contributed by atoms with Gasteiger partial charge in [0.15, 0.2) is 0 Å². The third kappa shape index (κ3) is 5.34. The van der Waals surface area contributed by atoms with Crippen molar-refractivity contribution in [3.63, 3.8) is 0 Å². The van der Waals surface area contributed by atoms with Gasteiger partial charge >= 0.3 is 0 Å². The minimum absolute atomic E-state index is 0.0565. The summed E-state index contributed by atoms with van der Waals surface area (Å²) in [5, 5.41) is 2.03. The molecule has 2 aromatic rings. The molecule has 1 fully saturated rings. The van der Waals surface area contributed by atoms with Crippen LogP contribution in [0.4, 0.5) is 0 Å². The van der Waals surface area contributed by atoms with Crippen molar-refractivity contribution < 1.29 is 14.3 Å². The lowest BCUT2D eigenvalue weighted by molar-refractivity contribution is -0.136. The van der Waals surface area contributed by atoms with Crippen LogP contribution in [0, 0.1) is 0 Å². The summed E-state index contributed by atoms with van der Waals surface area (Å²) >= 11 is 1.64. The number of amides is 2. The van der Waals surface area contributed by atoms with Crippen molar-refractivity contribution in [3.05, 3.63) is 52.2 Å². The Hall–Kier alpha value is -2.34. The van der Waals surface area contributed by atoms with Crippen LogP contribution in [0.5, 0.6) is 5.75 Å². The fraction of sp³-hybridized carbons (Fsp3) is 0.538. The second-order valence-corrected chi connectivity index (χ2v) is 9.88. The molecule has 0 N–H and O–H groups in total. The number of rotatable bonds is 4. The number of hydrogen-bond acceptors (Lipinski definition) is 4. The van der Waals surface area contributed by atoms with E-state index >= 15 is 0 Å². The van der Waals surface area contributed by atoms with Crippen LogP contribution in [0.1, 0.15) is 67.1 Å². The Morgan fingerprint density at radius 3 is 2.69 bits per heavy atom. The van der Waals surface area contributed by atoms with E-state index in [1.165, 1.54) is 0 Å². The zero-order chi connectivity index (χ0) is 22.3. The second-order valence-electron chi connectivity index (χ2n) is 8.85. The zero-order valence-corrected chi connectivity index (χ0v) is 19.8. The standard InChI is InChI=1S/C26H34N2O3S/c1-2-15-27-16-7-8-17-28(25(29)19-20-10-9-18-32-20)22-12-4-6-14-24(22)31-23-13-5-3-11-21(23)26(27)30/h3,5,9-11,13,18,22,24H,2,4,6-8,12,14-17,19H2,1H3/t22-,24+/m1/s1. The van der Waals surface area contributed by atoms with E-state index in [-0.39, 0.29) is 24.0 Å². The van der Waals surface area contributed by atoms with Crippen LogP contribution in [0.25, 0.3) is 0 Å². The molecule has 2 amide bonds. The molecule has 0 unspecified atom stereocenters. The van der Waals surface area contributed by atoms with Crippen molar-refractivity contribution in [2.75, 3.05) is 19.6 Å². The molecular weight excluding hydrogens is 420 g/mol. The van der Waals surface area contributed by atoms with Crippen molar-refractivity contribution in [2.45, 2.75) is 70.4 Å². The van der Waals surface area contributed by atoms with Crippen molar-refractivity contribution in [3.8, 4) is 5.75 Å². The molecule has 2 aliphatic rings. The van der Waals surface area contributed by atoms with Crippen LogP contribution in [0.2, 0.25) is 0 Å². The predicted octanol–water partition coefficient (Wildman–Crippen LogP) is 5.16. The quantitative estimate of drug-likeness (QED) is 0.642. The average Bonchev–Trinajstić information content (AvgIpc) is 3.31. The Morgan fingerprint density at radius 1 is 1.06 bits per heavy atom. The first-order valence-electron chi connectivity index (χ1n) is 12.0. The number of para-hydroxylation sites is 1. The fourth-order valence-electron chi connectivity index (χ4n) is 4.96. The van der Waals surface area contributed by atoms with Gasteiger partial charge in [-0.1, -0.05) is 31.5 Å². The van der Waals surface area contributed by atoms with Gasteiger partial charge in [-0.3, -0.25) is 9.59 Å². The number of nitrogens with zero attached hydrogens (tertiary/aromatic N) is 2. The molecule has 0 spiro atoms. The third-order valence-electron chi connectivity index (χ3n) is 6.55. The van der Waals surface area contributed by atoms with Gasteiger partial charge in [0.1, 0.15) is 11.9 Å².